The number of anilines is 2. The zero-order valence-electron chi connectivity index (χ0n) is 24.7. The van der Waals surface area contributed by atoms with Crippen molar-refractivity contribution in [2.75, 3.05) is 10.6 Å². The highest BCUT2D eigenvalue weighted by molar-refractivity contribution is 6.16. The Balaban J connectivity index is 0.000000188. The van der Waals surface area contributed by atoms with Gasteiger partial charge in [0.25, 0.3) is 0 Å². The SMILES string of the molecule is FC(F)(F)c1ccccc1CNc1nc(CCl)nc2ncccc12.OCc1nc(NCc2ccccc2C(F)(F)F)c2cccnc2n1. The van der Waals surface area contributed by atoms with Crippen molar-refractivity contribution >= 4 is 45.3 Å². The Morgan fingerprint density at radius 3 is 1.46 bits per heavy atom. The molecule has 2 aromatic carbocycles. The van der Waals surface area contributed by atoms with Gasteiger partial charge in [-0.15, -0.1) is 11.6 Å². The summed E-state index contributed by atoms with van der Waals surface area (Å²) in [6.45, 7) is -0.486. The van der Waals surface area contributed by atoms with Crippen molar-refractivity contribution in [3.05, 3.63) is 119 Å². The molecule has 6 aromatic rings. The van der Waals surface area contributed by atoms with E-state index in [0.717, 1.165) is 12.1 Å². The van der Waals surface area contributed by atoms with E-state index in [1.54, 1.807) is 48.8 Å². The Morgan fingerprint density at radius 2 is 1.02 bits per heavy atom. The minimum atomic E-state index is -4.43. The number of aliphatic hydroxyl groups excluding tert-OH is 1. The fourth-order valence-corrected chi connectivity index (χ4v) is 4.79. The first-order valence-corrected chi connectivity index (χ1v) is 14.7. The summed E-state index contributed by atoms with van der Waals surface area (Å²) in [6.07, 6.45) is -5.71. The molecule has 4 heterocycles. The average Bonchev–Trinajstić information content (AvgIpc) is 3.09. The van der Waals surface area contributed by atoms with E-state index in [9.17, 15) is 31.4 Å². The van der Waals surface area contributed by atoms with Crippen LogP contribution in [0.2, 0.25) is 0 Å². The topological polar surface area (TPSA) is 122 Å². The lowest BCUT2D eigenvalue weighted by Crippen LogP contribution is -2.13. The molecule has 6 rings (SSSR count). The first-order valence-electron chi connectivity index (χ1n) is 14.2. The molecule has 0 amide bonds. The normalized spacial score (nSPS) is 11.7. The number of rotatable bonds is 8. The molecule has 0 aliphatic carbocycles. The number of nitrogens with zero attached hydrogens (tertiary/aromatic N) is 6. The highest BCUT2D eigenvalue weighted by atomic mass is 35.5. The number of alkyl halides is 7. The maximum atomic E-state index is 13.1. The van der Waals surface area contributed by atoms with Gasteiger partial charge in [-0.1, -0.05) is 36.4 Å². The van der Waals surface area contributed by atoms with E-state index >= 15 is 0 Å². The summed E-state index contributed by atoms with van der Waals surface area (Å²) >= 11 is 5.77. The van der Waals surface area contributed by atoms with Gasteiger partial charge in [-0.2, -0.15) is 26.3 Å². The van der Waals surface area contributed by atoms with Crippen LogP contribution in [0.1, 0.15) is 33.9 Å². The second-order valence-corrected chi connectivity index (χ2v) is 10.3. The summed E-state index contributed by atoms with van der Waals surface area (Å²) in [5, 5.41) is 16.2. The Hall–Kier alpha value is -5.15. The van der Waals surface area contributed by atoms with Crippen molar-refractivity contribution in [3.63, 3.8) is 0 Å². The van der Waals surface area contributed by atoms with Crippen LogP contribution in [0.25, 0.3) is 22.1 Å². The van der Waals surface area contributed by atoms with E-state index in [0.29, 0.717) is 39.5 Å². The monoisotopic (exact) mass is 686 g/mol. The fourth-order valence-electron chi connectivity index (χ4n) is 4.67. The molecule has 0 atom stereocenters. The number of nitrogens with one attached hydrogen (secondary N) is 2. The standard InChI is InChI=1S/C16H12ClF3N4.C16H13F3N4O/c17-8-13-23-14-11(5-3-7-21-14)15(24-13)22-9-10-4-1-2-6-12(10)16(18,19)20;17-16(18,19)12-6-2-1-4-10(12)8-21-15-11-5-3-7-20-14(11)22-13(9-24)23-15/h1-7H,8-9H2,(H,21,22,23,24);1-7,24H,8-9H2,(H,20,21,22,23). The third-order valence-electron chi connectivity index (χ3n) is 6.83. The van der Waals surface area contributed by atoms with Crippen LogP contribution >= 0.6 is 11.6 Å². The Bertz CT molecular complexity index is 1880. The van der Waals surface area contributed by atoms with E-state index in [-0.39, 0.29) is 42.5 Å². The molecular formula is C32H25ClF6N8O. The third-order valence-corrected chi connectivity index (χ3v) is 7.07. The molecule has 0 fully saturated rings. The summed E-state index contributed by atoms with van der Waals surface area (Å²) in [7, 11) is 0. The zero-order valence-corrected chi connectivity index (χ0v) is 25.4. The van der Waals surface area contributed by atoms with Crippen LogP contribution in [-0.2, 0) is 37.9 Å². The number of aliphatic hydroxyl groups is 1. The molecule has 0 aliphatic rings. The smallest absolute Gasteiger partial charge is 0.388 e. The van der Waals surface area contributed by atoms with Gasteiger partial charge in [0.2, 0.25) is 0 Å². The number of benzene rings is 2. The lowest BCUT2D eigenvalue weighted by Gasteiger charge is -2.14. The van der Waals surface area contributed by atoms with Gasteiger partial charge >= 0.3 is 12.4 Å². The number of pyridine rings is 2. The van der Waals surface area contributed by atoms with Crippen molar-refractivity contribution < 1.29 is 31.4 Å². The summed E-state index contributed by atoms with van der Waals surface area (Å²) in [5.74, 6) is 1.32. The highest BCUT2D eigenvalue weighted by Crippen LogP contribution is 2.33. The lowest BCUT2D eigenvalue weighted by atomic mass is 10.1. The molecular weight excluding hydrogens is 662 g/mol. The van der Waals surface area contributed by atoms with Crippen molar-refractivity contribution in [2.24, 2.45) is 0 Å². The van der Waals surface area contributed by atoms with Gasteiger partial charge in [-0.25, -0.2) is 29.9 Å². The summed E-state index contributed by atoms with van der Waals surface area (Å²) in [5.41, 5.74) is -0.333. The number of hydrogen-bond acceptors (Lipinski definition) is 9. The fraction of sp³-hybridized carbons (Fsp3) is 0.188. The number of halogens is 7. The van der Waals surface area contributed by atoms with E-state index in [4.69, 9.17) is 11.6 Å². The van der Waals surface area contributed by atoms with Gasteiger partial charge in [-0.05, 0) is 47.5 Å². The maximum Gasteiger partial charge on any atom is 0.416 e. The molecule has 9 nitrogen and oxygen atoms in total. The molecule has 0 unspecified atom stereocenters. The number of aromatic nitrogens is 6. The lowest BCUT2D eigenvalue weighted by molar-refractivity contribution is -0.139. The van der Waals surface area contributed by atoms with Gasteiger partial charge < -0.3 is 15.7 Å². The van der Waals surface area contributed by atoms with Crippen LogP contribution in [0.3, 0.4) is 0 Å². The van der Waals surface area contributed by atoms with Gasteiger partial charge in [0.15, 0.2) is 17.1 Å². The molecule has 0 saturated heterocycles. The van der Waals surface area contributed by atoms with Gasteiger partial charge in [0.1, 0.15) is 24.1 Å². The molecule has 0 radical (unpaired) electrons. The van der Waals surface area contributed by atoms with Crippen molar-refractivity contribution in [1.29, 1.82) is 0 Å². The summed E-state index contributed by atoms with van der Waals surface area (Å²) in [4.78, 5) is 24.9. The molecule has 48 heavy (non-hydrogen) atoms. The zero-order chi connectivity index (χ0) is 34.3. The second-order valence-electron chi connectivity index (χ2n) is 10.0. The predicted octanol–water partition coefficient (Wildman–Crippen LogP) is 7.54. The Labute approximate surface area is 274 Å². The molecule has 0 bridgehead atoms. The second kappa shape index (κ2) is 14.7. The Kier molecular flexibility index (Phi) is 10.5. The van der Waals surface area contributed by atoms with Crippen LogP contribution in [0, 0.1) is 0 Å². The van der Waals surface area contributed by atoms with E-state index < -0.39 is 23.5 Å². The van der Waals surface area contributed by atoms with Crippen molar-refractivity contribution in [1.82, 2.24) is 29.9 Å². The average molecular weight is 687 g/mol. The number of fused-ring (bicyclic) bond motifs is 2. The molecule has 0 aliphatic heterocycles. The van der Waals surface area contributed by atoms with Gasteiger partial charge in [0.05, 0.1) is 27.8 Å². The van der Waals surface area contributed by atoms with Crippen molar-refractivity contribution in [3.8, 4) is 0 Å². The first-order chi connectivity index (χ1) is 23.0. The molecule has 248 valence electrons. The van der Waals surface area contributed by atoms with E-state index in [2.05, 4.69) is 40.5 Å². The summed E-state index contributed by atoms with van der Waals surface area (Å²) < 4.78 is 78.3. The van der Waals surface area contributed by atoms with Crippen LogP contribution < -0.4 is 10.6 Å². The van der Waals surface area contributed by atoms with E-state index in [1.165, 1.54) is 24.3 Å². The van der Waals surface area contributed by atoms with E-state index in [1.807, 2.05) is 0 Å². The van der Waals surface area contributed by atoms with Crippen LogP contribution in [-0.4, -0.2) is 35.0 Å². The largest absolute Gasteiger partial charge is 0.416 e. The molecule has 4 aromatic heterocycles. The Morgan fingerprint density at radius 1 is 0.583 bits per heavy atom. The molecule has 0 saturated carbocycles. The molecule has 16 heteroatoms. The van der Waals surface area contributed by atoms with Crippen LogP contribution in [0.15, 0.2) is 85.2 Å². The van der Waals surface area contributed by atoms with Crippen LogP contribution in [0.4, 0.5) is 38.0 Å². The quantitative estimate of drug-likeness (QED) is 0.110. The van der Waals surface area contributed by atoms with Gasteiger partial charge in [-0.3, -0.25) is 0 Å². The first kappa shape index (κ1) is 34.2. The third kappa shape index (κ3) is 8.22. The van der Waals surface area contributed by atoms with Crippen molar-refractivity contribution in [2.45, 2.75) is 37.9 Å². The van der Waals surface area contributed by atoms with Gasteiger partial charge in [0, 0.05) is 25.5 Å². The minimum Gasteiger partial charge on any atom is -0.388 e. The number of hydrogen-bond donors (Lipinski definition) is 3. The van der Waals surface area contributed by atoms with Crippen LogP contribution in [0.5, 0.6) is 0 Å². The molecule has 3 N–H and O–H groups in total. The predicted molar refractivity (Wildman–Crippen MR) is 168 cm³/mol. The highest BCUT2D eigenvalue weighted by Gasteiger charge is 2.33. The minimum absolute atomic E-state index is 0.0293. The maximum absolute atomic E-state index is 13.1. The molecule has 0 spiro atoms. The summed E-state index contributed by atoms with van der Waals surface area (Å²) in [6, 6.07) is 17.6.